The van der Waals surface area contributed by atoms with E-state index in [1.807, 2.05) is 30.3 Å². The van der Waals surface area contributed by atoms with Crippen LogP contribution >= 0.6 is 0 Å². The molecule has 0 bridgehead atoms. The van der Waals surface area contributed by atoms with E-state index in [0.717, 1.165) is 16.5 Å². The summed E-state index contributed by atoms with van der Waals surface area (Å²) in [5.41, 5.74) is 2.50. The van der Waals surface area contributed by atoms with Gasteiger partial charge in [0.1, 0.15) is 0 Å². The van der Waals surface area contributed by atoms with Crippen molar-refractivity contribution in [3.8, 4) is 0 Å². The standard InChI is InChI=1S/C15H11NO2/c17-15(8-11-5-7-18-10-11)13-3-4-14-12(9-13)2-1-6-16-14/h1-7,9-10H,8H2. The van der Waals surface area contributed by atoms with Crippen LogP contribution in [0.25, 0.3) is 10.9 Å². The molecule has 0 amide bonds. The normalized spacial score (nSPS) is 10.7. The van der Waals surface area contributed by atoms with Gasteiger partial charge >= 0.3 is 0 Å². The predicted molar refractivity (Wildman–Crippen MR) is 68.5 cm³/mol. The molecule has 3 aromatic rings. The van der Waals surface area contributed by atoms with Crippen molar-refractivity contribution in [1.82, 2.24) is 4.98 Å². The number of benzene rings is 1. The van der Waals surface area contributed by atoms with Gasteiger partial charge in [-0.05, 0) is 35.9 Å². The largest absolute Gasteiger partial charge is 0.472 e. The van der Waals surface area contributed by atoms with Crippen LogP contribution in [-0.4, -0.2) is 10.8 Å². The van der Waals surface area contributed by atoms with Gasteiger partial charge in [-0.25, -0.2) is 0 Å². The van der Waals surface area contributed by atoms with Gasteiger partial charge in [0.15, 0.2) is 5.78 Å². The van der Waals surface area contributed by atoms with E-state index in [1.54, 1.807) is 24.8 Å². The fourth-order valence-corrected chi connectivity index (χ4v) is 1.93. The molecule has 0 aliphatic carbocycles. The first-order valence-electron chi connectivity index (χ1n) is 5.72. The van der Waals surface area contributed by atoms with Crippen LogP contribution in [0.5, 0.6) is 0 Å². The topological polar surface area (TPSA) is 43.1 Å². The minimum Gasteiger partial charge on any atom is -0.472 e. The Bertz CT molecular complexity index is 687. The number of hydrogen-bond acceptors (Lipinski definition) is 3. The van der Waals surface area contributed by atoms with Crippen molar-refractivity contribution < 1.29 is 9.21 Å². The van der Waals surface area contributed by atoms with Gasteiger partial charge in [-0.3, -0.25) is 9.78 Å². The molecular weight excluding hydrogens is 226 g/mol. The molecule has 0 radical (unpaired) electrons. The number of carbonyl (C=O) groups excluding carboxylic acids is 1. The molecule has 0 N–H and O–H groups in total. The molecule has 88 valence electrons. The van der Waals surface area contributed by atoms with Crippen molar-refractivity contribution in [3.05, 3.63) is 66.2 Å². The average molecular weight is 237 g/mol. The average Bonchev–Trinajstić information content (AvgIpc) is 2.91. The van der Waals surface area contributed by atoms with Crippen LogP contribution in [0.3, 0.4) is 0 Å². The lowest BCUT2D eigenvalue weighted by Crippen LogP contribution is -2.02. The zero-order chi connectivity index (χ0) is 12.4. The summed E-state index contributed by atoms with van der Waals surface area (Å²) in [4.78, 5) is 16.3. The molecule has 0 unspecified atom stereocenters. The second-order valence-corrected chi connectivity index (χ2v) is 4.14. The van der Waals surface area contributed by atoms with Crippen LogP contribution in [0.2, 0.25) is 0 Å². The number of aromatic nitrogens is 1. The van der Waals surface area contributed by atoms with E-state index < -0.39 is 0 Å². The van der Waals surface area contributed by atoms with Crippen molar-refractivity contribution in [3.63, 3.8) is 0 Å². The van der Waals surface area contributed by atoms with Gasteiger partial charge in [0.2, 0.25) is 0 Å². The molecule has 0 saturated heterocycles. The molecule has 0 fully saturated rings. The maximum atomic E-state index is 12.1. The molecule has 0 aliphatic rings. The Morgan fingerprint density at radius 1 is 1.22 bits per heavy atom. The van der Waals surface area contributed by atoms with E-state index in [-0.39, 0.29) is 5.78 Å². The van der Waals surface area contributed by atoms with Crippen LogP contribution in [0, 0.1) is 0 Å². The van der Waals surface area contributed by atoms with Gasteiger partial charge < -0.3 is 4.42 Å². The SMILES string of the molecule is O=C(Cc1ccoc1)c1ccc2ncccc2c1. The van der Waals surface area contributed by atoms with Crippen molar-refractivity contribution >= 4 is 16.7 Å². The Morgan fingerprint density at radius 2 is 2.17 bits per heavy atom. The van der Waals surface area contributed by atoms with E-state index in [0.29, 0.717) is 12.0 Å². The maximum absolute atomic E-state index is 12.1. The van der Waals surface area contributed by atoms with E-state index in [4.69, 9.17) is 4.42 Å². The molecule has 3 rings (SSSR count). The fourth-order valence-electron chi connectivity index (χ4n) is 1.93. The van der Waals surface area contributed by atoms with Crippen molar-refractivity contribution in [2.45, 2.75) is 6.42 Å². The second kappa shape index (κ2) is 4.45. The fraction of sp³-hybridized carbons (Fsp3) is 0.0667. The van der Waals surface area contributed by atoms with Crippen molar-refractivity contribution in [2.75, 3.05) is 0 Å². The van der Waals surface area contributed by atoms with Crippen LogP contribution in [0.15, 0.2) is 59.5 Å². The number of fused-ring (bicyclic) bond motifs is 1. The molecule has 0 aliphatic heterocycles. The molecule has 1 aromatic carbocycles. The minimum atomic E-state index is 0.0853. The Kier molecular flexibility index (Phi) is 2.65. The van der Waals surface area contributed by atoms with Gasteiger partial charge in [0, 0.05) is 23.6 Å². The number of furan rings is 1. The van der Waals surface area contributed by atoms with E-state index >= 15 is 0 Å². The molecular formula is C15H11NO2. The first kappa shape index (κ1) is 10.7. The van der Waals surface area contributed by atoms with Crippen molar-refractivity contribution in [2.24, 2.45) is 0 Å². The van der Waals surface area contributed by atoms with E-state index in [1.165, 1.54) is 0 Å². The van der Waals surface area contributed by atoms with Gasteiger partial charge in [0.25, 0.3) is 0 Å². The number of Topliss-reactive ketones (excluding diaryl/α,β-unsaturated/α-hetero) is 1. The lowest BCUT2D eigenvalue weighted by molar-refractivity contribution is 0.0993. The van der Waals surface area contributed by atoms with Crippen LogP contribution < -0.4 is 0 Å². The zero-order valence-corrected chi connectivity index (χ0v) is 9.67. The number of rotatable bonds is 3. The monoisotopic (exact) mass is 237 g/mol. The quantitative estimate of drug-likeness (QED) is 0.657. The molecule has 2 aromatic heterocycles. The van der Waals surface area contributed by atoms with Gasteiger partial charge in [-0.1, -0.05) is 6.07 Å². The van der Waals surface area contributed by atoms with Crippen LogP contribution in [0.4, 0.5) is 0 Å². The second-order valence-electron chi connectivity index (χ2n) is 4.14. The minimum absolute atomic E-state index is 0.0853. The molecule has 18 heavy (non-hydrogen) atoms. The summed E-state index contributed by atoms with van der Waals surface area (Å²) < 4.78 is 4.96. The molecule has 2 heterocycles. The number of nitrogens with zero attached hydrogens (tertiary/aromatic N) is 1. The van der Waals surface area contributed by atoms with Gasteiger partial charge in [-0.15, -0.1) is 0 Å². The lowest BCUT2D eigenvalue weighted by Gasteiger charge is -2.01. The predicted octanol–water partition coefficient (Wildman–Crippen LogP) is 3.25. The zero-order valence-electron chi connectivity index (χ0n) is 9.67. The number of hydrogen-bond donors (Lipinski definition) is 0. The molecule has 3 nitrogen and oxygen atoms in total. The number of pyridine rings is 1. The van der Waals surface area contributed by atoms with E-state index in [9.17, 15) is 4.79 Å². The summed E-state index contributed by atoms with van der Waals surface area (Å²) in [6.07, 6.45) is 5.28. The Morgan fingerprint density at radius 3 is 3.00 bits per heavy atom. The third kappa shape index (κ3) is 2.02. The Balaban J connectivity index is 1.92. The molecule has 0 spiro atoms. The highest BCUT2D eigenvalue weighted by molar-refractivity contribution is 6.00. The summed E-state index contributed by atoms with van der Waals surface area (Å²) in [7, 11) is 0. The van der Waals surface area contributed by atoms with Crippen molar-refractivity contribution in [1.29, 1.82) is 0 Å². The van der Waals surface area contributed by atoms with Crippen LogP contribution in [-0.2, 0) is 6.42 Å². The third-order valence-electron chi connectivity index (χ3n) is 2.87. The number of carbonyl (C=O) groups is 1. The maximum Gasteiger partial charge on any atom is 0.167 e. The highest BCUT2D eigenvalue weighted by Crippen LogP contribution is 2.15. The van der Waals surface area contributed by atoms with E-state index in [2.05, 4.69) is 4.98 Å². The van der Waals surface area contributed by atoms with Crippen LogP contribution in [0.1, 0.15) is 15.9 Å². The summed E-state index contributed by atoms with van der Waals surface area (Å²) >= 11 is 0. The summed E-state index contributed by atoms with van der Waals surface area (Å²) in [5.74, 6) is 0.0853. The lowest BCUT2D eigenvalue weighted by atomic mass is 10.0. The third-order valence-corrected chi connectivity index (χ3v) is 2.87. The van der Waals surface area contributed by atoms with Gasteiger partial charge in [0.05, 0.1) is 18.0 Å². The first-order chi connectivity index (χ1) is 8.83. The highest BCUT2D eigenvalue weighted by atomic mass is 16.3. The Hall–Kier alpha value is -2.42. The number of ketones is 1. The molecule has 3 heteroatoms. The summed E-state index contributed by atoms with van der Waals surface area (Å²) in [6.45, 7) is 0. The van der Waals surface area contributed by atoms with Gasteiger partial charge in [-0.2, -0.15) is 0 Å². The molecule has 0 atom stereocenters. The Labute approximate surface area is 104 Å². The molecule has 0 saturated carbocycles. The smallest absolute Gasteiger partial charge is 0.167 e. The summed E-state index contributed by atoms with van der Waals surface area (Å²) in [5, 5.41) is 0.982. The summed E-state index contributed by atoms with van der Waals surface area (Å²) in [6, 6.07) is 11.2. The first-order valence-corrected chi connectivity index (χ1v) is 5.72. The highest BCUT2D eigenvalue weighted by Gasteiger charge is 2.08.